The Morgan fingerprint density at radius 3 is 3.00 bits per heavy atom. The van der Waals surface area contributed by atoms with Gasteiger partial charge in [-0.25, -0.2) is 4.79 Å². The minimum Gasteiger partial charge on any atom is -0.416 e. The molecule has 1 aliphatic rings. The van der Waals surface area contributed by atoms with Crippen LogP contribution in [0.15, 0.2) is 12.3 Å². The van der Waals surface area contributed by atoms with Crippen LogP contribution in [0, 0.1) is 0 Å². The van der Waals surface area contributed by atoms with Gasteiger partial charge in [0.05, 0.1) is 5.76 Å². The van der Waals surface area contributed by atoms with Crippen LogP contribution in [0.2, 0.25) is 0 Å². The second-order valence-corrected chi connectivity index (χ2v) is 3.30. The summed E-state index contributed by atoms with van der Waals surface area (Å²) in [6, 6.07) is 0.145. The fourth-order valence-electron chi connectivity index (χ4n) is 1.53. The molecule has 0 aliphatic carbocycles. The lowest BCUT2D eigenvalue weighted by molar-refractivity contribution is 0.125. The summed E-state index contributed by atoms with van der Waals surface area (Å²) in [6.07, 6.45) is 1.66. The van der Waals surface area contributed by atoms with Gasteiger partial charge in [-0.15, -0.1) is 0 Å². The lowest BCUT2D eigenvalue weighted by atomic mass is 10.2. The van der Waals surface area contributed by atoms with Gasteiger partial charge in [-0.05, 0) is 19.8 Å². The van der Waals surface area contributed by atoms with Crippen LogP contribution in [0.25, 0.3) is 0 Å². The number of nitrogens with zero attached hydrogens (tertiary/aromatic N) is 1. The van der Waals surface area contributed by atoms with E-state index in [9.17, 15) is 4.79 Å². The van der Waals surface area contributed by atoms with E-state index >= 15 is 0 Å². The Balaban J connectivity index is 2.50. The number of allylic oxidation sites excluding steroid dienone is 1. The van der Waals surface area contributed by atoms with E-state index in [2.05, 4.69) is 6.58 Å². The monoisotopic (exact) mass is 184 g/mol. The number of nitrogens with two attached hydrogens (primary N) is 1. The summed E-state index contributed by atoms with van der Waals surface area (Å²) < 4.78 is 4.90. The smallest absolute Gasteiger partial charge is 0.415 e. The molecule has 13 heavy (non-hydrogen) atoms. The quantitative estimate of drug-likeness (QED) is 0.653. The molecule has 0 aromatic heterocycles. The van der Waals surface area contributed by atoms with Gasteiger partial charge in [-0.2, -0.15) is 0 Å². The van der Waals surface area contributed by atoms with E-state index in [0.717, 1.165) is 19.4 Å². The number of ether oxygens (including phenoxy) is 1. The van der Waals surface area contributed by atoms with E-state index in [-0.39, 0.29) is 12.1 Å². The molecule has 0 spiro atoms. The SMILES string of the molecule is C=C(C)OC(=O)N1CCC[C@H]1CN. The van der Waals surface area contributed by atoms with Crippen molar-refractivity contribution in [1.82, 2.24) is 4.90 Å². The molecule has 0 aromatic rings. The molecule has 0 saturated carbocycles. The van der Waals surface area contributed by atoms with Crippen LogP contribution in [0.1, 0.15) is 19.8 Å². The largest absolute Gasteiger partial charge is 0.416 e. The molecule has 1 heterocycles. The van der Waals surface area contributed by atoms with Crippen LogP contribution in [-0.4, -0.2) is 30.1 Å². The van der Waals surface area contributed by atoms with Crippen molar-refractivity contribution in [2.75, 3.05) is 13.1 Å². The highest BCUT2D eigenvalue weighted by molar-refractivity contribution is 5.69. The van der Waals surface area contributed by atoms with Gasteiger partial charge in [0.2, 0.25) is 0 Å². The van der Waals surface area contributed by atoms with Crippen LogP contribution in [-0.2, 0) is 4.74 Å². The van der Waals surface area contributed by atoms with Crippen molar-refractivity contribution in [3.8, 4) is 0 Å². The standard InChI is InChI=1S/C9H16N2O2/c1-7(2)13-9(12)11-5-3-4-8(11)6-10/h8H,1,3-6,10H2,2H3/t8-/m0/s1. The zero-order valence-electron chi connectivity index (χ0n) is 7.95. The molecule has 2 N–H and O–H groups in total. The number of carbonyl (C=O) groups excluding carboxylic acids is 1. The maximum absolute atomic E-state index is 11.4. The predicted molar refractivity (Wildman–Crippen MR) is 50.1 cm³/mol. The fourth-order valence-corrected chi connectivity index (χ4v) is 1.53. The highest BCUT2D eigenvalue weighted by Gasteiger charge is 2.28. The zero-order valence-corrected chi connectivity index (χ0v) is 7.95. The van der Waals surface area contributed by atoms with Gasteiger partial charge in [0.25, 0.3) is 0 Å². The third-order valence-electron chi connectivity index (χ3n) is 2.15. The summed E-state index contributed by atoms with van der Waals surface area (Å²) in [6.45, 7) is 6.42. The molecule has 0 aromatic carbocycles. The lowest BCUT2D eigenvalue weighted by Gasteiger charge is -2.22. The van der Waals surface area contributed by atoms with Gasteiger partial charge in [-0.3, -0.25) is 0 Å². The number of hydrogen-bond donors (Lipinski definition) is 1. The molecule has 0 radical (unpaired) electrons. The van der Waals surface area contributed by atoms with E-state index in [1.54, 1.807) is 11.8 Å². The van der Waals surface area contributed by atoms with Crippen molar-refractivity contribution >= 4 is 6.09 Å². The van der Waals surface area contributed by atoms with Gasteiger partial charge >= 0.3 is 6.09 Å². The van der Waals surface area contributed by atoms with Crippen LogP contribution in [0.3, 0.4) is 0 Å². The minimum absolute atomic E-state index is 0.145. The van der Waals surface area contributed by atoms with Crippen molar-refractivity contribution in [2.45, 2.75) is 25.8 Å². The summed E-state index contributed by atoms with van der Waals surface area (Å²) >= 11 is 0. The summed E-state index contributed by atoms with van der Waals surface area (Å²) in [7, 11) is 0. The van der Waals surface area contributed by atoms with Gasteiger partial charge in [-0.1, -0.05) is 6.58 Å². The molecule has 4 nitrogen and oxygen atoms in total. The Morgan fingerprint density at radius 1 is 1.77 bits per heavy atom. The van der Waals surface area contributed by atoms with Crippen molar-refractivity contribution in [1.29, 1.82) is 0 Å². The average Bonchev–Trinajstić information content (AvgIpc) is 2.49. The van der Waals surface area contributed by atoms with Crippen LogP contribution >= 0.6 is 0 Å². The van der Waals surface area contributed by atoms with Gasteiger partial charge < -0.3 is 15.4 Å². The molecule has 1 aliphatic heterocycles. The van der Waals surface area contributed by atoms with Crippen molar-refractivity contribution in [3.63, 3.8) is 0 Å². The lowest BCUT2D eigenvalue weighted by Crippen LogP contribution is -2.39. The van der Waals surface area contributed by atoms with E-state index in [1.165, 1.54) is 0 Å². The first-order chi connectivity index (χ1) is 6.15. The molecule has 0 bridgehead atoms. The maximum atomic E-state index is 11.4. The Morgan fingerprint density at radius 2 is 2.46 bits per heavy atom. The topological polar surface area (TPSA) is 55.6 Å². The first-order valence-corrected chi connectivity index (χ1v) is 4.49. The maximum Gasteiger partial charge on any atom is 0.415 e. The Labute approximate surface area is 78.3 Å². The van der Waals surface area contributed by atoms with Crippen LogP contribution < -0.4 is 5.73 Å². The van der Waals surface area contributed by atoms with E-state index in [4.69, 9.17) is 10.5 Å². The number of carbonyl (C=O) groups is 1. The van der Waals surface area contributed by atoms with Crippen molar-refractivity contribution in [2.24, 2.45) is 5.73 Å². The molecule has 74 valence electrons. The molecular weight excluding hydrogens is 168 g/mol. The normalized spacial score (nSPS) is 21.7. The van der Waals surface area contributed by atoms with Gasteiger partial charge in [0.15, 0.2) is 0 Å². The van der Waals surface area contributed by atoms with Crippen molar-refractivity contribution in [3.05, 3.63) is 12.3 Å². The molecule has 1 amide bonds. The summed E-state index contributed by atoms with van der Waals surface area (Å²) in [5, 5.41) is 0. The van der Waals surface area contributed by atoms with E-state index in [1.807, 2.05) is 0 Å². The highest BCUT2D eigenvalue weighted by atomic mass is 16.6. The molecule has 0 unspecified atom stereocenters. The van der Waals surface area contributed by atoms with E-state index < -0.39 is 0 Å². The Bertz CT molecular complexity index is 216. The average molecular weight is 184 g/mol. The second-order valence-electron chi connectivity index (χ2n) is 3.30. The number of hydrogen-bond acceptors (Lipinski definition) is 3. The molecule has 1 saturated heterocycles. The van der Waals surface area contributed by atoms with E-state index in [0.29, 0.717) is 12.3 Å². The second kappa shape index (κ2) is 4.28. The van der Waals surface area contributed by atoms with Gasteiger partial charge in [0, 0.05) is 19.1 Å². The summed E-state index contributed by atoms with van der Waals surface area (Å²) in [5.41, 5.74) is 5.52. The fraction of sp³-hybridized carbons (Fsp3) is 0.667. The van der Waals surface area contributed by atoms with Crippen molar-refractivity contribution < 1.29 is 9.53 Å². The summed E-state index contributed by atoms with van der Waals surface area (Å²) in [5.74, 6) is 0.424. The molecular formula is C9H16N2O2. The number of rotatable bonds is 2. The Kier molecular flexibility index (Phi) is 3.31. The predicted octanol–water partition coefficient (Wildman–Crippen LogP) is 1.08. The third kappa shape index (κ3) is 2.45. The molecule has 1 fully saturated rings. The first kappa shape index (κ1) is 10.1. The number of likely N-dealkylation sites (tertiary alicyclic amines) is 1. The van der Waals surface area contributed by atoms with Crippen LogP contribution in [0.5, 0.6) is 0 Å². The zero-order chi connectivity index (χ0) is 9.84. The number of amides is 1. The van der Waals surface area contributed by atoms with Gasteiger partial charge in [0.1, 0.15) is 0 Å². The summed E-state index contributed by atoms with van der Waals surface area (Å²) in [4.78, 5) is 13.1. The first-order valence-electron chi connectivity index (χ1n) is 4.49. The third-order valence-corrected chi connectivity index (χ3v) is 2.15. The highest BCUT2D eigenvalue weighted by Crippen LogP contribution is 2.17. The molecule has 4 heteroatoms. The van der Waals surface area contributed by atoms with Crippen LogP contribution in [0.4, 0.5) is 4.79 Å². The Hall–Kier alpha value is -1.03. The minimum atomic E-state index is -0.319. The molecule has 1 rings (SSSR count). The molecule has 1 atom stereocenters.